The zero-order chi connectivity index (χ0) is 13.1. The summed E-state index contributed by atoms with van der Waals surface area (Å²) in [6.45, 7) is 7.62. The van der Waals surface area contributed by atoms with Crippen LogP contribution in [0.15, 0.2) is 17.1 Å². The van der Waals surface area contributed by atoms with Crippen LogP contribution in [0.5, 0.6) is 0 Å². The van der Waals surface area contributed by atoms with Crippen molar-refractivity contribution >= 4 is 18.3 Å². The lowest BCUT2D eigenvalue weighted by Gasteiger charge is -2.23. The molecule has 0 spiro atoms. The number of nitrogens with zero attached hydrogens (tertiary/aromatic N) is 3. The summed E-state index contributed by atoms with van der Waals surface area (Å²) in [5, 5.41) is 4.21. The van der Waals surface area contributed by atoms with Crippen molar-refractivity contribution < 1.29 is 0 Å². The Bertz CT molecular complexity index is 428. The summed E-state index contributed by atoms with van der Waals surface area (Å²) in [6, 6.07) is 1.63. The van der Waals surface area contributed by atoms with Crippen molar-refractivity contribution in [3.05, 3.63) is 22.6 Å². The highest BCUT2D eigenvalue weighted by molar-refractivity contribution is 7.80. The maximum Gasteiger partial charge on any atom is 0.268 e. The van der Waals surface area contributed by atoms with E-state index in [4.69, 9.17) is 0 Å². The molecule has 1 aromatic heterocycles. The Labute approximate surface area is 108 Å². The van der Waals surface area contributed by atoms with Gasteiger partial charge in [-0.1, -0.05) is 13.8 Å². The van der Waals surface area contributed by atoms with Crippen LogP contribution in [0.1, 0.15) is 20.8 Å². The first-order chi connectivity index (χ1) is 7.89. The monoisotopic (exact) mass is 255 g/mol. The first-order valence-corrected chi connectivity index (χ1v) is 6.42. The van der Waals surface area contributed by atoms with Crippen LogP contribution < -0.4 is 10.5 Å². The second kappa shape index (κ2) is 5.58. The fourth-order valence-electron chi connectivity index (χ4n) is 1.39. The smallest absolute Gasteiger partial charge is 0.268 e. The Balaban J connectivity index is 2.95. The van der Waals surface area contributed by atoms with Crippen LogP contribution in [0, 0.1) is 5.41 Å². The van der Waals surface area contributed by atoms with Crippen molar-refractivity contribution in [1.82, 2.24) is 9.78 Å². The molecule has 1 heterocycles. The number of hydrogen-bond acceptors (Lipinski definition) is 4. The molecule has 17 heavy (non-hydrogen) atoms. The number of rotatable bonds is 5. The summed E-state index contributed by atoms with van der Waals surface area (Å²) in [5.41, 5.74) is 0.771. The van der Waals surface area contributed by atoms with Gasteiger partial charge in [0.1, 0.15) is 0 Å². The number of hydrogen-bond donors (Lipinski definition) is 1. The van der Waals surface area contributed by atoms with Gasteiger partial charge in [0.15, 0.2) is 0 Å². The molecule has 0 saturated heterocycles. The topological polar surface area (TPSA) is 38.1 Å². The molecule has 5 heteroatoms. The van der Waals surface area contributed by atoms with Crippen molar-refractivity contribution in [1.29, 1.82) is 0 Å². The highest BCUT2D eigenvalue weighted by Gasteiger charge is 2.18. The summed E-state index contributed by atoms with van der Waals surface area (Å²) < 4.78 is 1.50. The zero-order valence-electron chi connectivity index (χ0n) is 11.0. The lowest BCUT2D eigenvalue weighted by Crippen LogP contribution is -2.32. The summed E-state index contributed by atoms with van der Waals surface area (Å²) in [4.78, 5) is 13.9. The van der Waals surface area contributed by atoms with Gasteiger partial charge in [-0.15, -0.1) is 0 Å². The highest BCUT2D eigenvalue weighted by Crippen LogP contribution is 2.18. The molecule has 0 fully saturated rings. The molecule has 0 radical (unpaired) electrons. The van der Waals surface area contributed by atoms with Crippen molar-refractivity contribution in [2.75, 3.05) is 24.2 Å². The fraction of sp³-hybridized carbons (Fsp3) is 0.667. The Morgan fingerprint density at radius 1 is 1.53 bits per heavy atom. The summed E-state index contributed by atoms with van der Waals surface area (Å²) >= 11 is 4.28. The van der Waals surface area contributed by atoms with E-state index in [-0.39, 0.29) is 11.0 Å². The Hall–Kier alpha value is -0.970. The molecule has 0 unspecified atom stereocenters. The molecule has 1 aromatic rings. The molecule has 0 amide bonds. The Morgan fingerprint density at radius 3 is 2.65 bits per heavy atom. The van der Waals surface area contributed by atoms with E-state index in [2.05, 4.69) is 31.6 Å². The molecule has 0 aliphatic rings. The van der Waals surface area contributed by atoms with Gasteiger partial charge in [0.25, 0.3) is 5.56 Å². The molecule has 0 bridgehead atoms. The minimum absolute atomic E-state index is 0.0297. The van der Waals surface area contributed by atoms with Crippen LogP contribution in [-0.2, 0) is 6.54 Å². The minimum Gasteiger partial charge on any atom is -0.373 e. The SMILES string of the molecule is CCN(C)c1cnn(CC(C)(C)CS)c(=O)c1. The molecule has 0 N–H and O–H groups in total. The van der Waals surface area contributed by atoms with Gasteiger partial charge in [-0.05, 0) is 18.1 Å². The molecular weight excluding hydrogens is 234 g/mol. The van der Waals surface area contributed by atoms with E-state index < -0.39 is 0 Å². The summed E-state index contributed by atoms with van der Waals surface area (Å²) in [7, 11) is 1.94. The standard InChI is InChI=1S/C12H21N3OS/c1-5-14(4)10-6-11(16)15(13-7-10)8-12(2,3)9-17/h6-7,17H,5,8-9H2,1-4H3. The molecule has 4 nitrogen and oxygen atoms in total. The van der Waals surface area contributed by atoms with Crippen LogP contribution in [0.2, 0.25) is 0 Å². The molecule has 0 aliphatic carbocycles. The number of thiol groups is 1. The minimum atomic E-state index is -0.0577. The van der Waals surface area contributed by atoms with Gasteiger partial charge in [-0.2, -0.15) is 17.7 Å². The average Bonchev–Trinajstić information content (AvgIpc) is 2.30. The quantitative estimate of drug-likeness (QED) is 0.813. The first-order valence-electron chi connectivity index (χ1n) is 5.79. The lowest BCUT2D eigenvalue weighted by atomic mass is 9.97. The van der Waals surface area contributed by atoms with Gasteiger partial charge < -0.3 is 4.90 Å². The first kappa shape index (κ1) is 14.1. The van der Waals surface area contributed by atoms with Gasteiger partial charge in [0.2, 0.25) is 0 Å². The molecule has 0 saturated carbocycles. The van der Waals surface area contributed by atoms with E-state index in [9.17, 15) is 4.79 Å². The second-order valence-electron chi connectivity index (χ2n) is 5.05. The predicted molar refractivity (Wildman–Crippen MR) is 75.1 cm³/mol. The van der Waals surface area contributed by atoms with Gasteiger partial charge >= 0.3 is 0 Å². The summed E-state index contributed by atoms with van der Waals surface area (Å²) in [5.74, 6) is 0.720. The van der Waals surface area contributed by atoms with E-state index in [1.54, 1.807) is 12.3 Å². The molecular formula is C12H21N3OS. The normalized spacial score (nSPS) is 11.6. The van der Waals surface area contributed by atoms with Gasteiger partial charge in [0, 0.05) is 19.7 Å². The number of aromatic nitrogens is 2. The molecule has 96 valence electrons. The number of anilines is 1. The third kappa shape index (κ3) is 3.77. The average molecular weight is 255 g/mol. The van der Waals surface area contributed by atoms with Crippen LogP contribution >= 0.6 is 12.6 Å². The molecule has 1 rings (SSSR count). The van der Waals surface area contributed by atoms with Crippen LogP contribution in [0.4, 0.5) is 5.69 Å². The molecule has 0 aromatic carbocycles. The molecule has 0 atom stereocenters. The largest absolute Gasteiger partial charge is 0.373 e. The highest BCUT2D eigenvalue weighted by atomic mass is 32.1. The Morgan fingerprint density at radius 2 is 2.18 bits per heavy atom. The van der Waals surface area contributed by atoms with Gasteiger partial charge in [0.05, 0.1) is 18.4 Å². The zero-order valence-corrected chi connectivity index (χ0v) is 11.9. The van der Waals surface area contributed by atoms with Gasteiger partial charge in [-0.25, -0.2) is 4.68 Å². The van der Waals surface area contributed by atoms with E-state index in [1.807, 2.05) is 18.9 Å². The second-order valence-corrected chi connectivity index (χ2v) is 5.36. The van der Waals surface area contributed by atoms with Gasteiger partial charge in [-0.3, -0.25) is 4.79 Å². The molecule has 0 aliphatic heterocycles. The van der Waals surface area contributed by atoms with Crippen LogP contribution in [0.25, 0.3) is 0 Å². The third-order valence-electron chi connectivity index (χ3n) is 2.78. The summed E-state index contributed by atoms with van der Waals surface area (Å²) in [6.07, 6.45) is 1.74. The fourth-order valence-corrected chi connectivity index (χ4v) is 1.49. The van der Waals surface area contributed by atoms with E-state index in [0.717, 1.165) is 18.0 Å². The van der Waals surface area contributed by atoms with E-state index in [1.165, 1.54) is 4.68 Å². The van der Waals surface area contributed by atoms with Crippen LogP contribution in [0.3, 0.4) is 0 Å². The van der Waals surface area contributed by atoms with E-state index >= 15 is 0 Å². The van der Waals surface area contributed by atoms with Crippen molar-refractivity contribution in [2.45, 2.75) is 27.3 Å². The van der Waals surface area contributed by atoms with Crippen molar-refractivity contribution in [2.24, 2.45) is 5.41 Å². The Kier molecular flexibility index (Phi) is 4.62. The van der Waals surface area contributed by atoms with Crippen molar-refractivity contribution in [3.8, 4) is 0 Å². The maximum atomic E-state index is 11.9. The lowest BCUT2D eigenvalue weighted by molar-refractivity contribution is 0.325. The van der Waals surface area contributed by atoms with Crippen LogP contribution in [-0.4, -0.2) is 29.1 Å². The van der Waals surface area contributed by atoms with Crippen molar-refractivity contribution in [3.63, 3.8) is 0 Å². The third-order valence-corrected chi connectivity index (χ3v) is 3.63. The predicted octanol–water partition coefficient (Wildman–Crippen LogP) is 1.66. The van der Waals surface area contributed by atoms with E-state index in [0.29, 0.717) is 6.54 Å². The maximum absolute atomic E-state index is 11.9.